The van der Waals surface area contributed by atoms with Gasteiger partial charge in [-0.15, -0.1) is 0 Å². The minimum Gasteiger partial charge on any atom is -0.496 e. The Hall–Kier alpha value is -2.88. The molecule has 0 fully saturated rings. The number of benzene rings is 2. The Morgan fingerprint density at radius 1 is 1.15 bits per heavy atom. The molecule has 6 heteroatoms. The van der Waals surface area contributed by atoms with Gasteiger partial charge in [-0.05, 0) is 86.4 Å². The second-order valence-electron chi connectivity index (χ2n) is 9.66. The summed E-state index contributed by atoms with van der Waals surface area (Å²) in [4.78, 5) is 1.27. The smallest absolute Gasteiger partial charge is 0.231 e. The molecule has 0 spiro atoms. The lowest BCUT2D eigenvalue weighted by Crippen LogP contribution is -3.10. The zero-order valence-corrected chi connectivity index (χ0v) is 21.3. The Bertz CT molecular complexity index is 1160. The zero-order chi connectivity index (χ0) is 24.6. The molecular formula is C28H36NO5+. The maximum Gasteiger partial charge on any atom is 0.231 e. The fourth-order valence-electron chi connectivity index (χ4n) is 5.08. The lowest BCUT2D eigenvalue weighted by atomic mass is 9.88. The highest BCUT2D eigenvalue weighted by Gasteiger charge is 2.36. The molecule has 2 N–H and O–H groups in total. The summed E-state index contributed by atoms with van der Waals surface area (Å²) in [6.45, 7) is 9.24. The van der Waals surface area contributed by atoms with Gasteiger partial charge in [0.2, 0.25) is 12.5 Å². The minimum atomic E-state index is -1.12. The van der Waals surface area contributed by atoms with Crippen LogP contribution in [0.3, 0.4) is 0 Å². The van der Waals surface area contributed by atoms with E-state index in [2.05, 4.69) is 51.8 Å². The van der Waals surface area contributed by atoms with E-state index >= 15 is 0 Å². The summed E-state index contributed by atoms with van der Waals surface area (Å²) in [5.74, 6) is 9.57. The van der Waals surface area contributed by atoms with E-state index in [4.69, 9.17) is 18.9 Å². The van der Waals surface area contributed by atoms with Crippen molar-refractivity contribution >= 4 is 0 Å². The first kappa shape index (κ1) is 24.3. The van der Waals surface area contributed by atoms with Gasteiger partial charge in [-0.1, -0.05) is 5.92 Å². The van der Waals surface area contributed by atoms with E-state index in [-0.39, 0.29) is 12.8 Å². The van der Waals surface area contributed by atoms with Crippen LogP contribution in [0.1, 0.15) is 52.8 Å². The summed E-state index contributed by atoms with van der Waals surface area (Å²) in [6, 6.07) is 4.01. The van der Waals surface area contributed by atoms with E-state index in [1.54, 1.807) is 21.1 Å². The number of hydrogen-bond acceptors (Lipinski definition) is 5. The van der Waals surface area contributed by atoms with Crippen molar-refractivity contribution in [3.8, 4) is 34.8 Å². The van der Waals surface area contributed by atoms with Crippen LogP contribution in [-0.2, 0) is 12.8 Å². The van der Waals surface area contributed by atoms with E-state index in [1.165, 1.54) is 27.2 Å². The van der Waals surface area contributed by atoms with Gasteiger partial charge in [0.25, 0.3) is 0 Å². The third-order valence-electron chi connectivity index (χ3n) is 7.29. The second kappa shape index (κ2) is 9.40. The number of rotatable bonds is 5. The van der Waals surface area contributed by atoms with Gasteiger partial charge in [0.15, 0.2) is 17.5 Å². The summed E-state index contributed by atoms with van der Waals surface area (Å²) in [7, 11) is 5.49. The third-order valence-corrected chi connectivity index (χ3v) is 7.29. The van der Waals surface area contributed by atoms with E-state index in [9.17, 15) is 5.11 Å². The Kier molecular flexibility index (Phi) is 6.71. The normalized spacial score (nSPS) is 20.1. The quantitative estimate of drug-likeness (QED) is 0.664. The van der Waals surface area contributed by atoms with Crippen molar-refractivity contribution in [1.82, 2.24) is 0 Å². The molecule has 0 saturated carbocycles. The number of hydrogen-bond donors (Lipinski definition) is 2. The number of nitrogens with one attached hydrogen (secondary N) is 1. The summed E-state index contributed by atoms with van der Waals surface area (Å²) in [5, 5.41) is 11.2. The Balaban J connectivity index is 1.61. The van der Waals surface area contributed by atoms with Gasteiger partial charge in [0.1, 0.15) is 11.4 Å². The third kappa shape index (κ3) is 4.43. The largest absolute Gasteiger partial charge is 0.496 e. The average molecular weight is 467 g/mol. The van der Waals surface area contributed by atoms with Gasteiger partial charge in [0.05, 0.1) is 33.4 Å². The first-order chi connectivity index (χ1) is 16.2. The topological polar surface area (TPSA) is 61.6 Å². The number of ether oxygens (including phenoxy) is 4. The number of quaternary nitrogens is 1. The van der Waals surface area contributed by atoms with E-state index in [0.717, 1.165) is 42.0 Å². The van der Waals surface area contributed by atoms with Crippen LogP contribution in [0, 0.1) is 32.6 Å². The number of likely N-dealkylation sites (N-methyl/N-ethyl adjacent to an activating group) is 1. The van der Waals surface area contributed by atoms with Crippen LogP contribution in [0.25, 0.3) is 0 Å². The molecule has 0 aliphatic carbocycles. The second-order valence-corrected chi connectivity index (χ2v) is 9.66. The van der Waals surface area contributed by atoms with Crippen molar-refractivity contribution in [2.24, 2.45) is 0 Å². The molecule has 2 aliphatic rings. The van der Waals surface area contributed by atoms with Crippen molar-refractivity contribution in [2.45, 2.75) is 58.6 Å². The van der Waals surface area contributed by atoms with Crippen molar-refractivity contribution in [2.75, 3.05) is 34.6 Å². The van der Waals surface area contributed by atoms with Crippen LogP contribution < -0.4 is 23.8 Å². The predicted octanol–water partition coefficient (Wildman–Crippen LogP) is 2.86. The lowest BCUT2D eigenvalue weighted by Gasteiger charge is -2.30. The molecule has 2 aliphatic heterocycles. The van der Waals surface area contributed by atoms with Crippen molar-refractivity contribution in [3.05, 3.63) is 45.5 Å². The number of aryl methyl sites for hydroxylation is 1. The number of fused-ring (bicyclic) bond motifs is 2. The van der Waals surface area contributed by atoms with Crippen LogP contribution >= 0.6 is 0 Å². The summed E-state index contributed by atoms with van der Waals surface area (Å²) in [6.07, 6.45) is 2.21. The molecule has 3 unspecified atom stereocenters. The molecule has 182 valence electrons. The van der Waals surface area contributed by atoms with Gasteiger partial charge in [-0.3, -0.25) is 0 Å². The SMILES string of the molecule is COc1cc(C)c(CCC(C)(O)C#CC2c3c(cc4c(c3OC)OCO4)CC[NH+]2C)c(C)c1C. The van der Waals surface area contributed by atoms with Crippen molar-refractivity contribution in [3.63, 3.8) is 0 Å². The molecule has 4 rings (SSSR count). The van der Waals surface area contributed by atoms with E-state index in [1.807, 2.05) is 0 Å². The summed E-state index contributed by atoms with van der Waals surface area (Å²) >= 11 is 0. The van der Waals surface area contributed by atoms with Crippen LogP contribution in [0.2, 0.25) is 0 Å². The monoisotopic (exact) mass is 466 g/mol. The molecule has 3 atom stereocenters. The molecule has 2 aromatic rings. The lowest BCUT2D eigenvalue weighted by molar-refractivity contribution is -0.905. The van der Waals surface area contributed by atoms with Gasteiger partial charge < -0.3 is 29.0 Å². The fraction of sp³-hybridized carbons (Fsp3) is 0.500. The molecule has 0 radical (unpaired) electrons. The highest BCUT2D eigenvalue weighted by atomic mass is 16.7. The number of aliphatic hydroxyl groups is 1. The predicted molar refractivity (Wildman–Crippen MR) is 131 cm³/mol. The summed E-state index contributed by atoms with van der Waals surface area (Å²) < 4.78 is 22.6. The Morgan fingerprint density at radius 2 is 1.91 bits per heavy atom. The van der Waals surface area contributed by atoms with Gasteiger partial charge in [-0.25, -0.2) is 0 Å². The molecule has 0 saturated heterocycles. The van der Waals surface area contributed by atoms with Crippen molar-refractivity contribution in [1.29, 1.82) is 0 Å². The zero-order valence-electron chi connectivity index (χ0n) is 21.3. The Morgan fingerprint density at radius 3 is 2.62 bits per heavy atom. The van der Waals surface area contributed by atoms with Gasteiger partial charge in [0, 0.05) is 6.42 Å². The molecule has 0 aromatic heterocycles. The highest BCUT2D eigenvalue weighted by Crippen LogP contribution is 2.47. The first-order valence-corrected chi connectivity index (χ1v) is 11.9. The maximum absolute atomic E-state index is 11.2. The standard InChI is InChI=1S/C28H35NO5/c1-17-14-23(31-6)19(3)18(2)21(17)8-11-28(4,30)12-9-22-25-20(10-13-29(22)5)15-24-26(27(25)32-7)34-16-33-24/h14-15,22,30H,8,10-11,13,16H2,1-7H3/p+1. The van der Waals surface area contributed by atoms with E-state index in [0.29, 0.717) is 17.9 Å². The highest BCUT2D eigenvalue weighted by molar-refractivity contribution is 5.62. The molecule has 2 heterocycles. The minimum absolute atomic E-state index is 0.119. The average Bonchev–Trinajstić information content (AvgIpc) is 3.27. The van der Waals surface area contributed by atoms with E-state index < -0.39 is 5.60 Å². The van der Waals surface area contributed by atoms with Gasteiger partial charge >= 0.3 is 0 Å². The van der Waals surface area contributed by atoms with Crippen LogP contribution in [0.4, 0.5) is 0 Å². The molecule has 34 heavy (non-hydrogen) atoms. The molecular weight excluding hydrogens is 430 g/mol. The Labute approximate surface area is 202 Å². The van der Waals surface area contributed by atoms with Crippen LogP contribution in [0.5, 0.6) is 23.0 Å². The summed E-state index contributed by atoms with van der Waals surface area (Å²) in [5.41, 5.74) is 5.88. The van der Waals surface area contributed by atoms with Crippen LogP contribution in [0.15, 0.2) is 12.1 Å². The van der Waals surface area contributed by atoms with Gasteiger partial charge in [-0.2, -0.15) is 0 Å². The molecule has 2 aromatic carbocycles. The molecule has 6 nitrogen and oxygen atoms in total. The van der Waals surface area contributed by atoms with Crippen LogP contribution in [-0.4, -0.2) is 45.3 Å². The first-order valence-electron chi connectivity index (χ1n) is 11.9. The molecule has 0 amide bonds. The fourth-order valence-corrected chi connectivity index (χ4v) is 5.08. The molecule has 0 bridgehead atoms. The maximum atomic E-state index is 11.2. The van der Waals surface area contributed by atoms with Crippen molar-refractivity contribution < 1.29 is 29.0 Å². The number of methoxy groups -OCH3 is 2.